The fraction of sp³-hybridized carbons (Fsp3) is 0.154. The second-order valence-corrected chi connectivity index (χ2v) is 3.55. The molecule has 1 aromatic heterocycles. The van der Waals surface area contributed by atoms with E-state index in [1.165, 1.54) is 0 Å². The SMILES string of the molecule is Cc1nccnc1CC(=O)c1ccccc1. The van der Waals surface area contributed by atoms with Gasteiger partial charge in [-0.25, -0.2) is 0 Å². The summed E-state index contributed by atoms with van der Waals surface area (Å²) >= 11 is 0. The number of carbonyl (C=O) groups excluding carboxylic acids is 1. The molecular formula is C13H12N2O. The molecule has 0 unspecified atom stereocenters. The molecule has 0 atom stereocenters. The van der Waals surface area contributed by atoms with Crippen LogP contribution in [0.5, 0.6) is 0 Å². The van der Waals surface area contributed by atoms with Gasteiger partial charge in [-0.1, -0.05) is 30.3 Å². The second kappa shape index (κ2) is 4.66. The molecule has 0 aliphatic rings. The van der Waals surface area contributed by atoms with Gasteiger partial charge >= 0.3 is 0 Å². The minimum absolute atomic E-state index is 0.0733. The summed E-state index contributed by atoms with van der Waals surface area (Å²) in [5.41, 5.74) is 2.27. The molecule has 0 fully saturated rings. The number of nitrogens with zero attached hydrogens (tertiary/aromatic N) is 2. The third kappa shape index (κ3) is 2.31. The fourth-order valence-electron chi connectivity index (χ4n) is 1.49. The van der Waals surface area contributed by atoms with Gasteiger partial charge in [0, 0.05) is 18.0 Å². The number of hydrogen-bond donors (Lipinski definition) is 0. The molecular weight excluding hydrogens is 200 g/mol. The summed E-state index contributed by atoms with van der Waals surface area (Å²) in [6.07, 6.45) is 3.55. The van der Waals surface area contributed by atoms with Gasteiger partial charge in [0.2, 0.25) is 0 Å². The molecule has 2 aromatic rings. The van der Waals surface area contributed by atoms with Gasteiger partial charge in [-0.2, -0.15) is 0 Å². The Morgan fingerprint density at radius 2 is 1.81 bits per heavy atom. The molecule has 16 heavy (non-hydrogen) atoms. The largest absolute Gasteiger partial charge is 0.294 e. The number of carbonyl (C=O) groups is 1. The summed E-state index contributed by atoms with van der Waals surface area (Å²) < 4.78 is 0. The summed E-state index contributed by atoms with van der Waals surface area (Å²) in [7, 11) is 0. The zero-order valence-corrected chi connectivity index (χ0v) is 9.05. The Bertz CT molecular complexity index is 494. The van der Waals surface area contributed by atoms with Crippen molar-refractivity contribution in [1.29, 1.82) is 0 Å². The Hall–Kier alpha value is -2.03. The summed E-state index contributed by atoms with van der Waals surface area (Å²) in [5.74, 6) is 0.0733. The molecule has 0 aliphatic heterocycles. The van der Waals surface area contributed by atoms with Crippen molar-refractivity contribution in [2.24, 2.45) is 0 Å². The first kappa shape index (κ1) is 10.5. The fourth-order valence-corrected chi connectivity index (χ4v) is 1.49. The van der Waals surface area contributed by atoms with E-state index < -0.39 is 0 Å². The van der Waals surface area contributed by atoms with Crippen molar-refractivity contribution in [3.63, 3.8) is 0 Å². The Morgan fingerprint density at radius 3 is 2.50 bits per heavy atom. The quantitative estimate of drug-likeness (QED) is 0.732. The van der Waals surface area contributed by atoms with E-state index in [1.807, 2.05) is 37.3 Å². The van der Waals surface area contributed by atoms with E-state index in [1.54, 1.807) is 12.4 Å². The van der Waals surface area contributed by atoms with Crippen molar-refractivity contribution in [1.82, 2.24) is 9.97 Å². The summed E-state index contributed by atoms with van der Waals surface area (Å²) in [6.45, 7) is 1.86. The molecule has 0 aliphatic carbocycles. The van der Waals surface area contributed by atoms with Gasteiger partial charge in [0.05, 0.1) is 17.8 Å². The molecule has 1 heterocycles. The van der Waals surface area contributed by atoms with Crippen molar-refractivity contribution >= 4 is 5.78 Å². The van der Waals surface area contributed by atoms with Crippen LogP contribution in [0, 0.1) is 6.92 Å². The van der Waals surface area contributed by atoms with Crippen molar-refractivity contribution in [3.8, 4) is 0 Å². The highest BCUT2D eigenvalue weighted by Gasteiger charge is 2.09. The summed E-state index contributed by atoms with van der Waals surface area (Å²) in [5, 5.41) is 0. The molecule has 0 radical (unpaired) electrons. The molecule has 80 valence electrons. The number of hydrogen-bond acceptors (Lipinski definition) is 3. The highest BCUT2D eigenvalue weighted by Crippen LogP contribution is 2.07. The Labute approximate surface area is 94.2 Å². The summed E-state index contributed by atoms with van der Waals surface area (Å²) in [6, 6.07) is 9.24. The number of ketones is 1. The third-order valence-electron chi connectivity index (χ3n) is 2.41. The van der Waals surface area contributed by atoms with Crippen LogP contribution < -0.4 is 0 Å². The van der Waals surface area contributed by atoms with Crippen LogP contribution in [0.25, 0.3) is 0 Å². The van der Waals surface area contributed by atoms with Crippen molar-refractivity contribution in [2.45, 2.75) is 13.3 Å². The van der Waals surface area contributed by atoms with Crippen molar-refractivity contribution < 1.29 is 4.79 Å². The van der Waals surface area contributed by atoms with E-state index in [9.17, 15) is 4.79 Å². The van der Waals surface area contributed by atoms with E-state index in [0.29, 0.717) is 12.0 Å². The molecule has 3 nitrogen and oxygen atoms in total. The van der Waals surface area contributed by atoms with Crippen LogP contribution in [0.15, 0.2) is 42.7 Å². The number of benzene rings is 1. The highest BCUT2D eigenvalue weighted by atomic mass is 16.1. The van der Waals surface area contributed by atoms with Gasteiger partial charge in [-0.05, 0) is 6.92 Å². The molecule has 0 N–H and O–H groups in total. The topological polar surface area (TPSA) is 42.9 Å². The number of Topliss-reactive ketones (excluding diaryl/α,β-unsaturated/α-hetero) is 1. The number of rotatable bonds is 3. The molecule has 0 bridgehead atoms. The van der Waals surface area contributed by atoms with Gasteiger partial charge < -0.3 is 0 Å². The van der Waals surface area contributed by atoms with Crippen LogP contribution in [-0.2, 0) is 6.42 Å². The maximum atomic E-state index is 11.9. The maximum absolute atomic E-state index is 11.9. The van der Waals surface area contributed by atoms with Crippen LogP contribution in [0.4, 0.5) is 0 Å². The number of aromatic nitrogens is 2. The predicted octanol–water partition coefficient (Wildman–Crippen LogP) is 2.21. The highest BCUT2D eigenvalue weighted by molar-refractivity contribution is 5.97. The standard InChI is InChI=1S/C13H12N2O/c1-10-12(15-8-7-14-10)9-13(16)11-5-3-2-4-6-11/h2-8H,9H2,1H3. The monoisotopic (exact) mass is 212 g/mol. The van der Waals surface area contributed by atoms with Gasteiger partial charge in [0.15, 0.2) is 5.78 Å². The first-order valence-electron chi connectivity index (χ1n) is 5.12. The Morgan fingerprint density at radius 1 is 1.12 bits per heavy atom. The minimum atomic E-state index is 0.0733. The van der Waals surface area contributed by atoms with Crippen LogP contribution in [0.1, 0.15) is 21.7 Å². The van der Waals surface area contributed by atoms with Crippen LogP contribution >= 0.6 is 0 Å². The van der Waals surface area contributed by atoms with Gasteiger partial charge in [0.25, 0.3) is 0 Å². The Balaban J connectivity index is 2.18. The first-order valence-corrected chi connectivity index (χ1v) is 5.12. The number of aryl methyl sites for hydroxylation is 1. The Kier molecular flexibility index (Phi) is 3.05. The zero-order chi connectivity index (χ0) is 11.4. The van der Waals surface area contributed by atoms with Crippen LogP contribution in [0.3, 0.4) is 0 Å². The van der Waals surface area contributed by atoms with E-state index >= 15 is 0 Å². The van der Waals surface area contributed by atoms with Gasteiger partial charge in [-0.3, -0.25) is 14.8 Å². The van der Waals surface area contributed by atoms with E-state index in [4.69, 9.17) is 0 Å². The molecule has 0 saturated heterocycles. The van der Waals surface area contributed by atoms with Crippen LogP contribution in [0.2, 0.25) is 0 Å². The smallest absolute Gasteiger partial charge is 0.168 e. The lowest BCUT2D eigenvalue weighted by Gasteiger charge is -2.02. The van der Waals surface area contributed by atoms with E-state index in [2.05, 4.69) is 9.97 Å². The van der Waals surface area contributed by atoms with Crippen LogP contribution in [-0.4, -0.2) is 15.8 Å². The molecule has 0 amide bonds. The van der Waals surface area contributed by atoms with Gasteiger partial charge in [0.1, 0.15) is 0 Å². The normalized spacial score (nSPS) is 10.1. The lowest BCUT2D eigenvalue weighted by molar-refractivity contribution is 0.0991. The van der Waals surface area contributed by atoms with Crippen molar-refractivity contribution in [2.75, 3.05) is 0 Å². The summed E-state index contributed by atoms with van der Waals surface area (Å²) in [4.78, 5) is 20.2. The van der Waals surface area contributed by atoms with Crippen molar-refractivity contribution in [3.05, 3.63) is 59.7 Å². The molecule has 0 saturated carbocycles. The lowest BCUT2D eigenvalue weighted by Crippen LogP contribution is -2.07. The second-order valence-electron chi connectivity index (χ2n) is 3.55. The van der Waals surface area contributed by atoms with E-state index in [-0.39, 0.29) is 5.78 Å². The lowest BCUT2D eigenvalue weighted by atomic mass is 10.1. The average Bonchev–Trinajstić information content (AvgIpc) is 2.33. The molecule has 2 rings (SSSR count). The average molecular weight is 212 g/mol. The van der Waals surface area contributed by atoms with Gasteiger partial charge in [-0.15, -0.1) is 0 Å². The molecule has 3 heteroatoms. The zero-order valence-electron chi connectivity index (χ0n) is 9.05. The minimum Gasteiger partial charge on any atom is -0.294 e. The van der Waals surface area contributed by atoms with E-state index in [0.717, 1.165) is 11.4 Å². The predicted molar refractivity (Wildman–Crippen MR) is 61.2 cm³/mol. The maximum Gasteiger partial charge on any atom is 0.168 e. The molecule has 0 spiro atoms. The molecule has 1 aromatic carbocycles. The third-order valence-corrected chi connectivity index (χ3v) is 2.41. The first-order chi connectivity index (χ1) is 7.77.